The fourth-order valence-electron chi connectivity index (χ4n) is 3.27. The molecule has 4 nitrogen and oxygen atoms in total. The molecule has 5 heteroatoms. The molecule has 0 fully saturated rings. The van der Waals surface area contributed by atoms with Crippen molar-refractivity contribution in [2.45, 2.75) is 32.6 Å². The largest absolute Gasteiger partial charge is 0.399 e. The van der Waals surface area contributed by atoms with E-state index in [1.54, 1.807) is 11.3 Å². The van der Waals surface area contributed by atoms with Gasteiger partial charge in [-0.05, 0) is 48.6 Å². The van der Waals surface area contributed by atoms with Gasteiger partial charge in [0.1, 0.15) is 5.52 Å². The topological polar surface area (TPSA) is 77.8 Å². The molecule has 0 aliphatic heterocycles. The number of nitrogens with zero attached hydrogens (tertiary/aromatic N) is 2. The molecule has 0 bridgehead atoms. The molecule has 26 heavy (non-hydrogen) atoms. The van der Waals surface area contributed by atoms with Gasteiger partial charge in [0.25, 0.3) is 0 Å². The number of rotatable bonds is 5. The zero-order valence-electron chi connectivity index (χ0n) is 14.8. The Morgan fingerprint density at radius 1 is 1.00 bits per heavy atom. The maximum atomic E-state index is 6.20. The van der Waals surface area contributed by atoms with E-state index in [0.717, 1.165) is 52.1 Å². The van der Waals surface area contributed by atoms with E-state index < -0.39 is 0 Å². The number of unbranched alkanes of at least 4 members (excludes halogenated alkanes) is 1. The van der Waals surface area contributed by atoms with Gasteiger partial charge in [0.2, 0.25) is 0 Å². The van der Waals surface area contributed by atoms with Crippen molar-refractivity contribution < 1.29 is 0 Å². The Bertz CT molecular complexity index is 1070. The molecule has 2 aromatic carbocycles. The SMILES string of the molecule is CCCCc1nc2c(N)nc3cccc(Cc4ccc(N)cc4)c3c2s1. The highest BCUT2D eigenvalue weighted by Gasteiger charge is 2.15. The molecule has 0 aliphatic rings. The molecule has 4 N–H and O–H groups in total. The van der Waals surface area contributed by atoms with E-state index in [-0.39, 0.29) is 0 Å². The summed E-state index contributed by atoms with van der Waals surface area (Å²) in [5, 5.41) is 2.32. The lowest BCUT2D eigenvalue weighted by atomic mass is 10.00. The molecule has 0 saturated heterocycles. The summed E-state index contributed by atoms with van der Waals surface area (Å²) in [6, 6.07) is 14.3. The predicted molar refractivity (Wildman–Crippen MR) is 112 cm³/mol. The Labute approximate surface area is 156 Å². The van der Waals surface area contributed by atoms with E-state index in [9.17, 15) is 0 Å². The van der Waals surface area contributed by atoms with Crippen LogP contribution in [0.2, 0.25) is 0 Å². The van der Waals surface area contributed by atoms with E-state index in [1.165, 1.54) is 16.5 Å². The Morgan fingerprint density at radius 3 is 2.58 bits per heavy atom. The summed E-state index contributed by atoms with van der Waals surface area (Å²) in [7, 11) is 0. The lowest BCUT2D eigenvalue weighted by Crippen LogP contribution is -1.96. The monoisotopic (exact) mass is 362 g/mol. The molecule has 0 radical (unpaired) electrons. The summed E-state index contributed by atoms with van der Waals surface area (Å²) < 4.78 is 1.16. The minimum absolute atomic E-state index is 0.524. The Hall–Kier alpha value is -2.66. The quantitative estimate of drug-likeness (QED) is 0.493. The third-order valence-corrected chi connectivity index (χ3v) is 5.76. The number of fused-ring (bicyclic) bond motifs is 3. The van der Waals surface area contributed by atoms with Crippen LogP contribution in [0.25, 0.3) is 21.1 Å². The minimum Gasteiger partial charge on any atom is -0.399 e. The molecule has 0 spiro atoms. The second-order valence-electron chi connectivity index (χ2n) is 6.62. The number of aryl methyl sites for hydroxylation is 1. The zero-order chi connectivity index (χ0) is 18.1. The van der Waals surface area contributed by atoms with Gasteiger partial charge in [0, 0.05) is 11.1 Å². The number of thiazole rings is 1. The summed E-state index contributed by atoms with van der Waals surface area (Å²) in [4.78, 5) is 9.39. The Balaban J connectivity index is 1.87. The minimum atomic E-state index is 0.524. The number of nitrogen functional groups attached to an aromatic ring is 2. The molecule has 132 valence electrons. The van der Waals surface area contributed by atoms with E-state index in [0.29, 0.717) is 5.82 Å². The van der Waals surface area contributed by atoms with Crippen molar-refractivity contribution in [3.63, 3.8) is 0 Å². The summed E-state index contributed by atoms with van der Waals surface area (Å²) in [5.41, 5.74) is 17.1. The van der Waals surface area contributed by atoms with Crippen molar-refractivity contribution in [2.24, 2.45) is 0 Å². The molecule has 4 rings (SSSR count). The molecular weight excluding hydrogens is 340 g/mol. The lowest BCUT2D eigenvalue weighted by Gasteiger charge is -2.08. The third-order valence-electron chi connectivity index (χ3n) is 4.63. The predicted octanol–water partition coefficient (Wildman–Crippen LogP) is 4.94. The lowest BCUT2D eigenvalue weighted by molar-refractivity contribution is 0.791. The average molecular weight is 363 g/mol. The summed E-state index contributed by atoms with van der Waals surface area (Å²) in [6.45, 7) is 2.20. The van der Waals surface area contributed by atoms with Crippen LogP contribution in [0.4, 0.5) is 11.5 Å². The van der Waals surface area contributed by atoms with Crippen LogP contribution in [0.5, 0.6) is 0 Å². The number of hydrogen-bond donors (Lipinski definition) is 2. The summed E-state index contributed by atoms with van der Waals surface area (Å²) >= 11 is 1.76. The Kier molecular flexibility index (Phi) is 4.47. The molecule has 0 aliphatic carbocycles. The van der Waals surface area contributed by atoms with Gasteiger partial charge in [-0.15, -0.1) is 11.3 Å². The number of hydrogen-bond acceptors (Lipinski definition) is 5. The zero-order valence-corrected chi connectivity index (χ0v) is 15.6. The van der Waals surface area contributed by atoms with Crippen LogP contribution >= 0.6 is 11.3 Å². The molecule has 0 amide bonds. The first kappa shape index (κ1) is 16.8. The highest BCUT2D eigenvalue weighted by atomic mass is 32.1. The van der Waals surface area contributed by atoms with Gasteiger partial charge < -0.3 is 11.5 Å². The van der Waals surface area contributed by atoms with E-state index in [2.05, 4.69) is 30.1 Å². The fraction of sp³-hybridized carbons (Fsp3) is 0.238. The molecule has 0 atom stereocenters. The first-order valence-electron chi connectivity index (χ1n) is 8.96. The molecular formula is C21H22N4S. The first-order chi connectivity index (χ1) is 12.7. The number of nitrogens with two attached hydrogens (primary N) is 2. The van der Waals surface area contributed by atoms with Crippen LogP contribution in [0.15, 0.2) is 42.5 Å². The molecule has 4 aromatic rings. The Morgan fingerprint density at radius 2 is 1.81 bits per heavy atom. The molecule has 0 unspecified atom stereocenters. The van der Waals surface area contributed by atoms with Gasteiger partial charge in [-0.3, -0.25) is 0 Å². The highest BCUT2D eigenvalue weighted by Crippen LogP contribution is 2.35. The van der Waals surface area contributed by atoms with Crippen LogP contribution in [0, 0.1) is 0 Å². The van der Waals surface area contributed by atoms with Gasteiger partial charge in [0.05, 0.1) is 15.2 Å². The normalized spacial score (nSPS) is 11.4. The van der Waals surface area contributed by atoms with Crippen LogP contribution in [-0.2, 0) is 12.8 Å². The van der Waals surface area contributed by atoms with E-state index in [1.807, 2.05) is 24.3 Å². The van der Waals surface area contributed by atoms with Gasteiger partial charge in [0.15, 0.2) is 5.82 Å². The van der Waals surface area contributed by atoms with Gasteiger partial charge in [-0.25, -0.2) is 9.97 Å². The number of aromatic nitrogens is 2. The van der Waals surface area contributed by atoms with Crippen molar-refractivity contribution in [1.29, 1.82) is 0 Å². The number of anilines is 2. The standard InChI is InChI=1S/C21H22N4S/c1-2-3-7-17-25-19-20(26-17)18-14(5-4-6-16(18)24-21(19)23)12-13-8-10-15(22)11-9-13/h4-6,8-11H,2-3,7,12,22H2,1H3,(H2,23,24). The van der Waals surface area contributed by atoms with Gasteiger partial charge in [-0.1, -0.05) is 37.6 Å². The van der Waals surface area contributed by atoms with E-state index in [4.69, 9.17) is 16.5 Å². The number of pyridine rings is 1. The van der Waals surface area contributed by atoms with Crippen molar-refractivity contribution in [3.05, 3.63) is 58.6 Å². The van der Waals surface area contributed by atoms with Crippen molar-refractivity contribution in [2.75, 3.05) is 11.5 Å². The van der Waals surface area contributed by atoms with Gasteiger partial charge >= 0.3 is 0 Å². The van der Waals surface area contributed by atoms with Crippen LogP contribution < -0.4 is 11.5 Å². The smallest absolute Gasteiger partial charge is 0.151 e. The maximum Gasteiger partial charge on any atom is 0.151 e. The number of benzene rings is 2. The van der Waals surface area contributed by atoms with Crippen molar-refractivity contribution in [3.8, 4) is 0 Å². The molecule has 2 aromatic heterocycles. The van der Waals surface area contributed by atoms with E-state index >= 15 is 0 Å². The average Bonchev–Trinajstić information content (AvgIpc) is 3.07. The maximum absolute atomic E-state index is 6.20. The second-order valence-corrected chi connectivity index (χ2v) is 7.70. The fourth-order valence-corrected chi connectivity index (χ4v) is 4.47. The summed E-state index contributed by atoms with van der Waals surface area (Å²) in [6.07, 6.45) is 4.13. The second kappa shape index (κ2) is 6.92. The van der Waals surface area contributed by atoms with Crippen molar-refractivity contribution >= 4 is 44.0 Å². The molecule has 2 heterocycles. The highest BCUT2D eigenvalue weighted by molar-refractivity contribution is 7.19. The molecule has 0 saturated carbocycles. The van der Waals surface area contributed by atoms with Crippen LogP contribution in [0.1, 0.15) is 35.9 Å². The van der Waals surface area contributed by atoms with Crippen LogP contribution in [-0.4, -0.2) is 9.97 Å². The first-order valence-corrected chi connectivity index (χ1v) is 9.78. The third kappa shape index (κ3) is 3.10. The van der Waals surface area contributed by atoms with Crippen molar-refractivity contribution in [1.82, 2.24) is 9.97 Å². The van der Waals surface area contributed by atoms with Crippen LogP contribution in [0.3, 0.4) is 0 Å². The van der Waals surface area contributed by atoms with Gasteiger partial charge in [-0.2, -0.15) is 0 Å². The summed E-state index contributed by atoms with van der Waals surface area (Å²) in [5.74, 6) is 0.524.